The van der Waals surface area contributed by atoms with Crippen LogP contribution < -0.4 is 10.2 Å². The molecular weight excluding hydrogens is 455 g/mol. The van der Waals surface area contributed by atoms with Gasteiger partial charge in [0.25, 0.3) is 5.91 Å². The highest BCUT2D eigenvalue weighted by Crippen LogP contribution is 2.39. The van der Waals surface area contributed by atoms with Crippen LogP contribution in [0.3, 0.4) is 0 Å². The molecule has 1 atom stereocenters. The van der Waals surface area contributed by atoms with Crippen LogP contribution in [0.25, 0.3) is 0 Å². The summed E-state index contributed by atoms with van der Waals surface area (Å²) in [7, 11) is 0. The molecule has 2 aromatic carbocycles. The Labute approximate surface area is 193 Å². The summed E-state index contributed by atoms with van der Waals surface area (Å²) in [5.41, 5.74) is 4.16. The monoisotopic (exact) mass is 472 g/mol. The van der Waals surface area contributed by atoms with Gasteiger partial charge in [-0.1, -0.05) is 47.1 Å². The lowest BCUT2D eigenvalue weighted by atomic mass is 9.89. The summed E-state index contributed by atoms with van der Waals surface area (Å²) >= 11 is 14.0. The summed E-state index contributed by atoms with van der Waals surface area (Å²) in [4.78, 5) is 23.5. The molecular formula is C22H18Cl2N4O2S. The van der Waals surface area contributed by atoms with Crippen LogP contribution in [-0.4, -0.2) is 33.0 Å². The van der Waals surface area contributed by atoms with Gasteiger partial charge in [0, 0.05) is 11.9 Å². The highest BCUT2D eigenvalue weighted by atomic mass is 35.5. The van der Waals surface area contributed by atoms with Crippen LogP contribution in [0.1, 0.15) is 27.9 Å². The number of aromatic nitrogens is 2. The number of aryl methyl sites for hydroxylation is 1. The van der Waals surface area contributed by atoms with Gasteiger partial charge in [0.2, 0.25) is 5.95 Å². The third-order valence-electron chi connectivity index (χ3n) is 5.43. The minimum absolute atomic E-state index is 0.238. The van der Waals surface area contributed by atoms with Gasteiger partial charge < -0.3 is 10.4 Å². The summed E-state index contributed by atoms with van der Waals surface area (Å²) in [5.74, 6) is 0.528. The maximum atomic E-state index is 13.1. The Kier molecular flexibility index (Phi) is 5.52. The molecule has 0 saturated carbocycles. The second kappa shape index (κ2) is 8.31. The average molecular weight is 473 g/mol. The van der Waals surface area contributed by atoms with Crippen LogP contribution in [0.15, 0.2) is 47.6 Å². The summed E-state index contributed by atoms with van der Waals surface area (Å²) in [6, 6.07) is 11.2. The molecule has 0 spiro atoms. The molecule has 1 aliphatic heterocycles. The van der Waals surface area contributed by atoms with Gasteiger partial charge in [-0.2, -0.15) is 0 Å². The predicted octanol–water partition coefficient (Wildman–Crippen LogP) is 5.09. The number of rotatable bonds is 3. The average Bonchev–Trinajstić information content (AvgIpc) is 2.75. The predicted molar refractivity (Wildman–Crippen MR) is 124 cm³/mol. The summed E-state index contributed by atoms with van der Waals surface area (Å²) < 4.78 is 0. The Bertz CT molecular complexity index is 1170. The van der Waals surface area contributed by atoms with Gasteiger partial charge in [-0.25, -0.2) is 9.97 Å². The first-order valence-electron chi connectivity index (χ1n) is 9.82. The molecule has 2 aliphatic rings. The molecule has 1 unspecified atom stereocenters. The van der Waals surface area contributed by atoms with Crippen LogP contribution in [0.2, 0.25) is 10.0 Å². The zero-order valence-electron chi connectivity index (χ0n) is 16.3. The van der Waals surface area contributed by atoms with Crippen LogP contribution >= 0.6 is 35.0 Å². The minimum Gasteiger partial charge on any atom is -0.393 e. The topological polar surface area (TPSA) is 78.3 Å². The van der Waals surface area contributed by atoms with Gasteiger partial charge in [-0.05, 0) is 54.7 Å². The van der Waals surface area contributed by atoms with E-state index in [2.05, 4.69) is 21.4 Å². The first kappa shape index (κ1) is 20.6. The molecule has 1 amide bonds. The Morgan fingerprint density at radius 3 is 2.77 bits per heavy atom. The molecule has 31 heavy (non-hydrogen) atoms. The molecule has 9 heteroatoms. The number of benzene rings is 2. The molecule has 0 fully saturated rings. The van der Waals surface area contributed by atoms with Crippen molar-refractivity contribution in [2.75, 3.05) is 16.1 Å². The Morgan fingerprint density at radius 2 is 1.97 bits per heavy atom. The lowest BCUT2D eigenvalue weighted by molar-refractivity contribution is 0.0985. The van der Waals surface area contributed by atoms with Gasteiger partial charge in [-0.3, -0.25) is 9.69 Å². The lowest BCUT2D eigenvalue weighted by Crippen LogP contribution is -2.35. The van der Waals surface area contributed by atoms with Crippen molar-refractivity contribution in [1.82, 2.24) is 9.97 Å². The smallest absolute Gasteiger partial charge is 0.263 e. The van der Waals surface area contributed by atoms with E-state index in [1.165, 1.54) is 23.5 Å². The molecule has 158 valence electrons. The van der Waals surface area contributed by atoms with Crippen molar-refractivity contribution in [2.45, 2.75) is 30.4 Å². The van der Waals surface area contributed by atoms with Crippen molar-refractivity contribution in [3.8, 4) is 0 Å². The van der Waals surface area contributed by atoms with Crippen LogP contribution in [0.4, 0.5) is 17.3 Å². The van der Waals surface area contributed by atoms with Gasteiger partial charge in [0.1, 0.15) is 5.03 Å². The Balaban J connectivity index is 1.39. The summed E-state index contributed by atoms with van der Waals surface area (Å²) in [6.45, 7) is 0. The zero-order chi connectivity index (χ0) is 21.5. The van der Waals surface area contributed by atoms with E-state index < -0.39 is 0 Å². The van der Waals surface area contributed by atoms with E-state index in [1.807, 2.05) is 12.1 Å². The molecule has 2 N–H and O–H groups in total. The number of para-hydroxylation sites is 1. The van der Waals surface area contributed by atoms with E-state index in [4.69, 9.17) is 23.2 Å². The molecule has 0 bridgehead atoms. The van der Waals surface area contributed by atoms with E-state index in [0.717, 1.165) is 24.1 Å². The number of nitrogens with one attached hydrogen (secondary N) is 1. The SMILES string of the molecule is O=C1c2cnc(Nc3ccc4c(c3)CC(O)CC4)nc2SCN1c1c(Cl)cccc1Cl. The first-order valence-corrected chi connectivity index (χ1v) is 11.6. The third-order valence-corrected chi connectivity index (χ3v) is 7.01. The van der Waals surface area contributed by atoms with Crippen molar-refractivity contribution >= 4 is 58.2 Å². The number of hydrogen-bond acceptors (Lipinski definition) is 6. The molecule has 3 aromatic rings. The van der Waals surface area contributed by atoms with Crippen molar-refractivity contribution in [3.05, 3.63) is 69.3 Å². The number of aliphatic hydroxyl groups excluding tert-OH is 1. The zero-order valence-corrected chi connectivity index (χ0v) is 18.6. The number of carbonyl (C=O) groups is 1. The molecule has 5 rings (SSSR count). The fourth-order valence-electron chi connectivity index (χ4n) is 3.87. The molecule has 0 saturated heterocycles. The highest BCUT2D eigenvalue weighted by molar-refractivity contribution is 7.99. The second-order valence-corrected chi connectivity index (χ2v) is 9.24. The van der Waals surface area contributed by atoms with Gasteiger partial charge in [-0.15, -0.1) is 0 Å². The highest BCUT2D eigenvalue weighted by Gasteiger charge is 2.30. The largest absolute Gasteiger partial charge is 0.393 e. The van der Waals surface area contributed by atoms with Crippen LogP contribution in [0.5, 0.6) is 0 Å². The summed E-state index contributed by atoms with van der Waals surface area (Å²) in [6.07, 6.45) is 3.58. The minimum atomic E-state index is -0.292. The number of thioether (sulfide) groups is 1. The molecule has 2 heterocycles. The van der Waals surface area contributed by atoms with Gasteiger partial charge >= 0.3 is 0 Å². The number of fused-ring (bicyclic) bond motifs is 2. The first-order chi connectivity index (χ1) is 15.0. The number of carbonyl (C=O) groups excluding carboxylic acids is 1. The number of amides is 1. The van der Waals surface area contributed by atoms with E-state index in [-0.39, 0.29) is 12.0 Å². The van der Waals surface area contributed by atoms with Crippen molar-refractivity contribution in [3.63, 3.8) is 0 Å². The lowest BCUT2D eigenvalue weighted by Gasteiger charge is -2.28. The van der Waals surface area contributed by atoms with Crippen LogP contribution in [0, 0.1) is 0 Å². The molecule has 6 nitrogen and oxygen atoms in total. The number of anilines is 3. The van der Waals surface area contributed by atoms with E-state index in [1.54, 1.807) is 23.1 Å². The van der Waals surface area contributed by atoms with Crippen molar-refractivity contribution in [1.29, 1.82) is 0 Å². The Hall–Kier alpha value is -2.32. The number of nitrogens with zero attached hydrogens (tertiary/aromatic N) is 3. The van der Waals surface area contributed by atoms with E-state index in [0.29, 0.717) is 44.6 Å². The normalized spacial score (nSPS) is 17.8. The van der Waals surface area contributed by atoms with Gasteiger partial charge in [0.15, 0.2) is 0 Å². The van der Waals surface area contributed by atoms with E-state index >= 15 is 0 Å². The maximum Gasteiger partial charge on any atom is 0.263 e. The van der Waals surface area contributed by atoms with Crippen molar-refractivity contribution < 1.29 is 9.90 Å². The summed E-state index contributed by atoms with van der Waals surface area (Å²) in [5, 5.41) is 14.6. The number of aliphatic hydroxyl groups is 1. The molecule has 0 radical (unpaired) electrons. The number of halogens is 2. The fourth-order valence-corrected chi connectivity index (χ4v) is 5.42. The number of hydrogen-bond donors (Lipinski definition) is 2. The van der Waals surface area contributed by atoms with E-state index in [9.17, 15) is 9.90 Å². The third kappa shape index (κ3) is 3.99. The fraction of sp³-hybridized carbons (Fsp3) is 0.227. The van der Waals surface area contributed by atoms with Crippen molar-refractivity contribution in [2.24, 2.45) is 0 Å². The second-order valence-electron chi connectivity index (χ2n) is 7.49. The van der Waals surface area contributed by atoms with Crippen LogP contribution in [-0.2, 0) is 12.8 Å². The van der Waals surface area contributed by atoms with Gasteiger partial charge in [0.05, 0.1) is 33.3 Å². The molecule has 1 aliphatic carbocycles. The maximum absolute atomic E-state index is 13.1. The quantitative estimate of drug-likeness (QED) is 0.517. The molecule has 1 aromatic heterocycles. The standard InChI is InChI=1S/C22H18Cl2N4O2S/c23-17-2-1-3-18(24)19(17)28-11-31-20-16(21(28)30)10-25-22(27-20)26-14-6-4-12-5-7-15(29)9-13(12)8-14/h1-4,6,8,10,15,29H,5,7,9,11H2,(H,25,26,27). The Morgan fingerprint density at radius 1 is 1.16 bits per heavy atom.